The van der Waals surface area contributed by atoms with Gasteiger partial charge in [0.05, 0.1) is 7.11 Å². The fourth-order valence-electron chi connectivity index (χ4n) is 1.17. The van der Waals surface area contributed by atoms with Crippen LogP contribution in [0.5, 0.6) is 0 Å². The van der Waals surface area contributed by atoms with E-state index in [1.807, 2.05) is 0 Å². The highest BCUT2D eigenvalue weighted by atomic mass is 16.6. The van der Waals surface area contributed by atoms with E-state index in [0.717, 1.165) is 7.11 Å². The Balaban J connectivity index is 5.66. The molecule has 0 rings (SSSR count). The Morgan fingerprint density at radius 1 is 0.762 bits per heavy atom. The number of rotatable bonds is 3. The molecule has 7 nitrogen and oxygen atoms in total. The van der Waals surface area contributed by atoms with Crippen LogP contribution in [0.3, 0.4) is 0 Å². The molecular formula is C14H23NO6. The third-order valence-electron chi connectivity index (χ3n) is 1.88. The smallest absolute Gasteiger partial charge is 0.355 e. The molecule has 0 aromatic rings. The summed E-state index contributed by atoms with van der Waals surface area (Å²) in [5, 5.41) is 0. The van der Waals surface area contributed by atoms with Crippen molar-refractivity contribution >= 4 is 17.9 Å². The molecule has 0 saturated carbocycles. The highest BCUT2D eigenvalue weighted by molar-refractivity contribution is 6.18. The summed E-state index contributed by atoms with van der Waals surface area (Å²) in [5.74, 6) is -3.10. The Labute approximate surface area is 124 Å². The molecule has 0 fully saturated rings. The van der Waals surface area contributed by atoms with Crippen molar-refractivity contribution in [2.75, 3.05) is 7.11 Å². The van der Waals surface area contributed by atoms with Crippen LogP contribution in [-0.4, -0.2) is 36.2 Å². The van der Waals surface area contributed by atoms with Crippen LogP contribution in [0.2, 0.25) is 0 Å². The molecule has 0 atom stereocenters. The van der Waals surface area contributed by atoms with Crippen LogP contribution < -0.4 is 5.73 Å². The molecule has 21 heavy (non-hydrogen) atoms. The van der Waals surface area contributed by atoms with Crippen molar-refractivity contribution in [3.8, 4) is 0 Å². The minimum Gasteiger partial charge on any atom is -0.464 e. The number of carbonyl (C=O) groups is 3. The van der Waals surface area contributed by atoms with Gasteiger partial charge in [-0.15, -0.1) is 0 Å². The van der Waals surface area contributed by atoms with Crippen LogP contribution in [0, 0.1) is 0 Å². The monoisotopic (exact) mass is 301 g/mol. The van der Waals surface area contributed by atoms with Crippen LogP contribution in [0.15, 0.2) is 11.3 Å². The van der Waals surface area contributed by atoms with E-state index in [1.165, 1.54) is 0 Å². The van der Waals surface area contributed by atoms with E-state index < -0.39 is 40.4 Å². The maximum atomic E-state index is 12.1. The first-order valence-electron chi connectivity index (χ1n) is 6.33. The molecule has 0 amide bonds. The lowest BCUT2D eigenvalue weighted by atomic mass is 10.1. The van der Waals surface area contributed by atoms with Crippen LogP contribution in [0.1, 0.15) is 41.5 Å². The molecule has 0 aliphatic rings. The summed E-state index contributed by atoms with van der Waals surface area (Å²) in [6, 6.07) is 0. The van der Waals surface area contributed by atoms with Gasteiger partial charge in [0, 0.05) is 0 Å². The first kappa shape index (κ1) is 18.9. The van der Waals surface area contributed by atoms with Gasteiger partial charge >= 0.3 is 17.9 Å². The number of methoxy groups -OCH3 is 1. The summed E-state index contributed by atoms with van der Waals surface area (Å²) in [6.07, 6.45) is 0. The van der Waals surface area contributed by atoms with Crippen LogP contribution in [-0.2, 0) is 28.6 Å². The lowest BCUT2D eigenvalue weighted by Gasteiger charge is -2.23. The normalized spacial score (nSPS) is 11.4. The molecule has 7 heteroatoms. The molecule has 0 aromatic heterocycles. The van der Waals surface area contributed by atoms with E-state index in [9.17, 15) is 14.4 Å². The standard InChI is InChI=1S/C14H23NO6/c1-13(2,3)20-10(16)8(9(15)12(18)19-7)11(17)21-14(4,5)6/h15H2,1-7H3. The topological polar surface area (TPSA) is 105 Å². The largest absolute Gasteiger partial charge is 0.464 e. The fourth-order valence-corrected chi connectivity index (χ4v) is 1.17. The third-order valence-corrected chi connectivity index (χ3v) is 1.88. The van der Waals surface area contributed by atoms with Gasteiger partial charge in [0.1, 0.15) is 16.9 Å². The lowest BCUT2D eigenvalue weighted by molar-refractivity contribution is -0.159. The van der Waals surface area contributed by atoms with Gasteiger partial charge in [-0.05, 0) is 41.5 Å². The van der Waals surface area contributed by atoms with Crippen molar-refractivity contribution in [2.24, 2.45) is 5.73 Å². The minimum atomic E-state index is -1.04. The fraction of sp³-hybridized carbons (Fsp3) is 0.643. The number of esters is 3. The van der Waals surface area contributed by atoms with E-state index in [1.54, 1.807) is 41.5 Å². The van der Waals surface area contributed by atoms with Gasteiger partial charge < -0.3 is 19.9 Å². The number of hydrogen-bond donors (Lipinski definition) is 1. The van der Waals surface area contributed by atoms with E-state index in [4.69, 9.17) is 15.2 Å². The van der Waals surface area contributed by atoms with Gasteiger partial charge in [-0.1, -0.05) is 0 Å². The van der Waals surface area contributed by atoms with Crippen molar-refractivity contribution in [3.05, 3.63) is 11.3 Å². The quantitative estimate of drug-likeness (QED) is 0.273. The second-order valence-electron chi connectivity index (χ2n) is 6.28. The molecule has 0 spiro atoms. The minimum absolute atomic E-state index is 0.652. The van der Waals surface area contributed by atoms with Crippen molar-refractivity contribution < 1.29 is 28.6 Å². The highest BCUT2D eigenvalue weighted by Crippen LogP contribution is 2.17. The highest BCUT2D eigenvalue weighted by Gasteiger charge is 2.33. The zero-order valence-electron chi connectivity index (χ0n) is 13.5. The Morgan fingerprint density at radius 3 is 1.33 bits per heavy atom. The first-order valence-corrected chi connectivity index (χ1v) is 6.33. The number of carbonyl (C=O) groups excluding carboxylic acids is 3. The van der Waals surface area contributed by atoms with Crippen LogP contribution in [0.4, 0.5) is 0 Å². The molecule has 2 N–H and O–H groups in total. The van der Waals surface area contributed by atoms with Crippen LogP contribution in [0.25, 0.3) is 0 Å². The first-order chi connectivity index (χ1) is 9.28. The van der Waals surface area contributed by atoms with Crippen molar-refractivity contribution in [3.63, 3.8) is 0 Å². The Kier molecular flexibility index (Phi) is 5.96. The molecule has 0 saturated heterocycles. The Bertz CT molecular complexity index is 435. The zero-order chi connectivity index (χ0) is 17.0. The average molecular weight is 301 g/mol. The van der Waals surface area contributed by atoms with Gasteiger partial charge in [0.15, 0.2) is 5.57 Å². The van der Waals surface area contributed by atoms with Gasteiger partial charge in [-0.3, -0.25) is 0 Å². The van der Waals surface area contributed by atoms with Gasteiger partial charge in [-0.2, -0.15) is 0 Å². The molecule has 0 bridgehead atoms. The third kappa shape index (κ3) is 6.78. The van der Waals surface area contributed by atoms with E-state index in [2.05, 4.69) is 4.74 Å². The number of nitrogens with two attached hydrogens (primary N) is 1. The van der Waals surface area contributed by atoms with Crippen molar-refractivity contribution in [1.29, 1.82) is 0 Å². The van der Waals surface area contributed by atoms with Crippen molar-refractivity contribution in [1.82, 2.24) is 0 Å². The molecule has 0 aliphatic carbocycles. The summed E-state index contributed by atoms with van der Waals surface area (Å²) in [5.41, 5.74) is 2.47. The van der Waals surface area contributed by atoms with E-state index >= 15 is 0 Å². The van der Waals surface area contributed by atoms with Gasteiger partial charge in [0.25, 0.3) is 0 Å². The molecular weight excluding hydrogens is 278 g/mol. The molecule has 0 radical (unpaired) electrons. The van der Waals surface area contributed by atoms with Gasteiger partial charge in [-0.25, -0.2) is 14.4 Å². The summed E-state index contributed by atoms with van der Waals surface area (Å²) in [7, 11) is 1.08. The van der Waals surface area contributed by atoms with E-state index in [0.29, 0.717) is 0 Å². The average Bonchev–Trinajstić information content (AvgIpc) is 2.22. The predicted molar refractivity (Wildman–Crippen MR) is 74.9 cm³/mol. The molecule has 0 heterocycles. The number of hydrogen-bond acceptors (Lipinski definition) is 7. The maximum absolute atomic E-state index is 12.1. The number of ether oxygens (including phenoxy) is 3. The van der Waals surface area contributed by atoms with Gasteiger partial charge in [0.2, 0.25) is 0 Å². The summed E-state index contributed by atoms with van der Waals surface area (Å²) in [6.45, 7) is 9.70. The molecule has 0 aliphatic heterocycles. The predicted octanol–water partition coefficient (Wildman–Crippen LogP) is 1.06. The van der Waals surface area contributed by atoms with Crippen LogP contribution >= 0.6 is 0 Å². The van der Waals surface area contributed by atoms with E-state index in [-0.39, 0.29) is 0 Å². The van der Waals surface area contributed by atoms with Crippen molar-refractivity contribution in [2.45, 2.75) is 52.7 Å². The zero-order valence-corrected chi connectivity index (χ0v) is 13.5. The Hall–Kier alpha value is -2.05. The summed E-state index contributed by atoms with van der Waals surface area (Å²) in [4.78, 5) is 35.6. The Morgan fingerprint density at radius 2 is 1.10 bits per heavy atom. The second-order valence-corrected chi connectivity index (χ2v) is 6.28. The molecule has 120 valence electrons. The molecule has 0 unspecified atom stereocenters. The summed E-state index contributed by atoms with van der Waals surface area (Å²) >= 11 is 0. The molecule has 0 aromatic carbocycles. The summed E-state index contributed by atoms with van der Waals surface area (Å²) < 4.78 is 14.5. The SMILES string of the molecule is COC(=O)C(N)=C(C(=O)OC(C)(C)C)C(=O)OC(C)(C)C. The lowest BCUT2D eigenvalue weighted by Crippen LogP contribution is -2.34. The maximum Gasteiger partial charge on any atom is 0.355 e. The second kappa shape index (κ2) is 6.60.